The lowest BCUT2D eigenvalue weighted by molar-refractivity contribution is 0.102. The summed E-state index contributed by atoms with van der Waals surface area (Å²) in [6.07, 6.45) is 4.65. The van der Waals surface area contributed by atoms with Gasteiger partial charge in [-0.05, 0) is 37.0 Å². The van der Waals surface area contributed by atoms with Gasteiger partial charge in [0.2, 0.25) is 0 Å². The van der Waals surface area contributed by atoms with Gasteiger partial charge in [-0.3, -0.25) is 9.48 Å². The van der Waals surface area contributed by atoms with E-state index in [-0.39, 0.29) is 5.91 Å². The lowest BCUT2D eigenvalue weighted by atomic mass is 9.97. The fraction of sp³-hybridized carbons (Fsp3) is 0.375. The van der Waals surface area contributed by atoms with Gasteiger partial charge in [0, 0.05) is 31.0 Å². The van der Waals surface area contributed by atoms with Crippen LogP contribution in [0.3, 0.4) is 0 Å². The highest BCUT2D eigenvalue weighted by Gasteiger charge is 2.18. The number of fused-ring (bicyclic) bond motifs is 1. The zero-order chi connectivity index (χ0) is 14.8. The van der Waals surface area contributed by atoms with Gasteiger partial charge in [0.1, 0.15) is 0 Å². The molecule has 5 nitrogen and oxygen atoms in total. The Morgan fingerprint density at radius 3 is 3.14 bits per heavy atom. The van der Waals surface area contributed by atoms with E-state index in [2.05, 4.69) is 15.7 Å². The van der Waals surface area contributed by atoms with E-state index < -0.39 is 0 Å². The number of nitrogens with zero attached hydrogens (tertiary/aromatic N) is 2. The summed E-state index contributed by atoms with van der Waals surface area (Å²) >= 11 is 0. The number of amides is 1. The molecular weight excluding hydrogens is 264 g/mol. The fourth-order valence-corrected chi connectivity index (χ4v) is 2.81. The van der Waals surface area contributed by atoms with Gasteiger partial charge in [0.15, 0.2) is 0 Å². The van der Waals surface area contributed by atoms with Crippen molar-refractivity contribution in [1.82, 2.24) is 9.78 Å². The van der Waals surface area contributed by atoms with Crippen molar-refractivity contribution in [3.05, 3.63) is 41.2 Å². The van der Waals surface area contributed by atoms with Crippen molar-refractivity contribution >= 4 is 17.3 Å². The Hall–Kier alpha value is -2.30. The molecule has 0 saturated heterocycles. The summed E-state index contributed by atoms with van der Waals surface area (Å²) in [6, 6.07) is 5.85. The van der Waals surface area contributed by atoms with E-state index in [0.717, 1.165) is 54.0 Å². The molecule has 1 aliphatic heterocycles. The van der Waals surface area contributed by atoms with Crippen molar-refractivity contribution in [2.24, 2.45) is 7.05 Å². The first kappa shape index (κ1) is 13.7. The molecule has 2 heterocycles. The molecule has 3 rings (SSSR count). The van der Waals surface area contributed by atoms with Gasteiger partial charge >= 0.3 is 0 Å². The topological polar surface area (TPSA) is 59.0 Å². The van der Waals surface area contributed by atoms with Crippen LogP contribution in [0.2, 0.25) is 0 Å². The first-order valence-electron chi connectivity index (χ1n) is 7.38. The lowest BCUT2D eigenvalue weighted by Crippen LogP contribution is -2.19. The Kier molecular flexibility index (Phi) is 3.64. The molecule has 0 fully saturated rings. The van der Waals surface area contributed by atoms with E-state index in [1.54, 1.807) is 4.68 Å². The summed E-state index contributed by atoms with van der Waals surface area (Å²) in [4.78, 5) is 12.6. The normalized spacial score (nSPS) is 13.4. The number of hydrogen-bond acceptors (Lipinski definition) is 3. The zero-order valence-electron chi connectivity index (χ0n) is 12.4. The minimum Gasteiger partial charge on any atom is -0.385 e. The number of nitrogens with one attached hydrogen (secondary N) is 2. The quantitative estimate of drug-likeness (QED) is 0.911. The van der Waals surface area contributed by atoms with Crippen molar-refractivity contribution in [2.45, 2.75) is 26.2 Å². The molecule has 1 amide bonds. The van der Waals surface area contributed by atoms with E-state index in [1.807, 2.05) is 38.4 Å². The van der Waals surface area contributed by atoms with E-state index >= 15 is 0 Å². The third-order valence-electron chi connectivity index (χ3n) is 3.83. The van der Waals surface area contributed by atoms with Gasteiger partial charge < -0.3 is 10.6 Å². The Labute approximate surface area is 124 Å². The van der Waals surface area contributed by atoms with Crippen LogP contribution in [0.15, 0.2) is 24.4 Å². The fourth-order valence-electron chi connectivity index (χ4n) is 2.81. The van der Waals surface area contributed by atoms with E-state index in [1.165, 1.54) is 0 Å². The maximum Gasteiger partial charge on any atom is 0.256 e. The SMILES string of the molecule is CCc1nn(C)cc1NC(=O)c1cccc2c1CCCN2. The summed E-state index contributed by atoms with van der Waals surface area (Å²) in [5, 5.41) is 10.7. The van der Waals surface area contributed by atoms with Gasteiger partial charge in [0.25, 0.3) is 5.91 Å². The molecule has 0 atom stereocenters. The van der Waals surface area contributed by atoms with Gasteiger partial charge in [-0.15, -0.1) is 0 Å². The summed E-state index contributed by atoms with van der Waals surface area (Å²) in [6.45, 7) is 3.01. The highest BCUT2D eigenvalue weighted by Crippen LogP contribution is 2.26. The third-order valence-corrected chi connectivity index (χ3v) is 3.83. The standard InChI is InChI=1S/C16H20N4O/c1-3-13-15(10-20(2)19-13)18-16(21)12-6-4-8-14-11(12)7-5-9-17-14/h4,6,8,10,17H,3,5,7,9H2,1-2H3,(H,18,21). The molecule has 0 unspecified atom stereocenters. The number of benzene rings is 1. The van der Waals surface area contributed by atoms with Crippen molar-refractivity contribution < 1.29 is 4.79 Å². The van der Waals surface area contributed by atoms with Crippen molar-refractivity contribution in [2.75, 3.05) is 17.2 Å². The third kappa shape index (κ3) is 2.63. The Balaban J connectivity index is 1.89. The average Bonchev–Trinajstić information content (AvgIpc) is 2.86. The number of anilines is 2. The van der Waals surface area contributed by atoms with Gasteiger partial charge in [-0.1, -0.05) is 13.0 Å². The van der Waals surface area contributed by atoms with Crippen LogP contribution in [0.1, 0.15) is 35.0 Å². The first-order chi connectivity index (χ1) is 10.2. The summed E-state index contributed by atoms with van der Waals surface area (Å²) < 4.78 is 1.73. The maximum absolute atomic E-state index is 12.6. The van der Waals surface area contributed by atoms with Crippen LogP contribution in [0.25, 0.3) is 0 Å². The van der Waals surface area contributed by atoms with E-state index in [9.17, 15) is 4.79 Å². The van der Waals surface area contributed by atoms with Crippen LogP contribution in [-0.2, 0) is 19.9 Å². The second-order valence-electron chi connectivity index (χ2n) is 5.33. The maximum atomic E-state index is 12.6. The summed E-state index contributed by atoms with van der Waals surface area (Å²) in [5.74, 6) is -0.0572. The van der Waals surface area contributed by atoms with Crippen LogP contribution in [-0.4, -0.2) is 22.2 Å². The molecule has 1 aromatic carbocycles. The minimum atomic E-state index is -0.0572. The van der Waals surface area contributed by atoms with Crippen molar-refractivity contribution in [3.63, 3.8) is 0 Å². The Morgan fingerprint density at radius 2 is 2.33 bits per heavy atom. The molecule has 0 bridgehead atoms. The smallest absolute Gasteiger partial charge is 0.256 e. The predicted molar refractivity (Wildman–Crippen MR) is 83.8 cm³/mol. The highest BCUT2D eigenvalue weighted by atomic mass is 16.1. The zero-order valence-corrected chi connectivity index (χ0v) is 12.4. The van der Waals surface area contributed by atoms with Crippen LogP contribution >= 0.6 is 0 Å². The molecule has 1 aromatic heterocycles. The number of carbonyl (C=O) groups is 1. The number of aryl methyl sites for hydroxylation is 2. The second-order valence-corrected chi connectivity index (χ2v) is 5.33. The average molecular weight is 284 g/mol. The lowest BCUT2D eigenvalue weighted by Gasteiger charge is -2.20. The summed E-state index contributed by atoms with van der Waals surface area (Å²) in [5.41, 5.74) is 4.66. The van der Waals surface area contributed by atoms with Crippen LogP contribution in [0.5, 0.6) is 0 Å². The summed E-state index contributed by atoms with van der Waals surface area (Å²) in [7, 11) is 1.86. The minimum absolute atomic E-state index is 0.0572. The van der Waals surface area contributed by atoms with E-state index in [4.69, 9.17) is 0 Å². The highest BCUT2D eigenvalue weighted by molar-refractivity contribution is 6.06. The van der Waals surface area contributed by atoms with Crippen LogP contribution in [0, 0.1) is 0 Å². The van der Waals surface area contributed by atoms with Crippen molar-refractivity contribution in [3.8, 4) is 0 Å². The molecule has 110 valence electrons. The number of carbonyl (C=O) groups excluding carboxylic acids is 1. The van der Waals surface area contributed by atoms with Gasteiger partial charge in [-0.2, -0.15) is 5.10 Å². The molecule has 1 aliphatic rings. The van der Waals surface area contributed by atoms with Crippen LogP contribution < -0.4 is 10.6 Å². The molecule has 0 spiro atoms. The van der Waals surface area contributed by atoms with Crippen molar-refractivity contribution in [1.29, 1.82) is 0 Å². The Morgan fingerprint density at radius 1 is 1.48 bits per heavy atom. The molecule has 2 aromatic rings. The van der Waals surface area contributed by atoms with Gasteiger partial charge in [-0.25, -0.2) is 0 Å². The van der Waals surface area contributed by atoms with Crippen LogP contribution in [0.4, 0.5) is 11.4 Å². The molecule has 2 N–H and O–H groups in total. The van der Waals surface area contributed by atoms with E-state index in [0.29, 0.717) is 0 Å². The largest absolute Gasteiger partial charge is 0.385 e. The molecular formula is C16H20N4O. The molecule has 0 radical (unpaired) electrons. The number of hydrogen-bond donors (Lipinski definition) is 2. The van der Waals surface area contributed by atoms with Gasteiger partial charge in [0.05, 0.1) is 11.4 Å². The first-order valence-corrected chi connectivity index (χ1v) is 7.38. The molecule has 21 heavy (non-hydrogen) atoms. The second kappa shape index (κ2) is 5.60. The Bertz CT molecular complexity index is 675. The number of rotatable bonds is 3. The predicted octanol–water partition coefficient (Wildman–Crippen LogP) is 2.59. The molecule has 0 aliphatic carbocycles. The monoisotopic (exact) mass is 284 g/mol. The number of aromatic nitrogens is 2. The molecule has 5 heteroatoms. The molecule has 0 saturated carbocycles.